The highest BCUT2D eigenvalue weighted by molar-refractivity contribution is 5.80. The molecular formula is C13H20N2O. The first-order valence-corrected chi connectivity index (χ1v) is 5.65. The smallest absolute Gasteiger partial charge is 0.295 e. The van der Waals surface area contributed by atoms with Crippen LogP contribution >= 0.6 is 0 Å². The van der Waals surface area contributed by atoms with E-state index >= 15 is 0 Å². The molecule has 0 fully saturated rings. The van der Waals surface area contributed by atoms with Crippen molar-refractivity contribution in [1.82, 2.24) is 9.13 Å². The molecule has 1 aromatic carbocycles. The summed E-state index contributed by atoms with van der Waals surface area (Å²) in [6, 6.07) is 4.05. The molecule has 0 aliphatic heterocycles. The van der Waals surface area contributed by atoms with Crippen molar-refractivity contribution in [3.05, 3.63) is 33.7 Å². The minimum Gasteiger partial charge on any atom is -0.295 e. The van der Waals surface area contributed by atoms with Crippen LogP contribution < -0.4 is 5.69 Å². The zero-order valence-electron chi connectivity index (χ0n) is 11.0. The van der Waals surface area contributed by atoms with Crippen molar-refractivity contribution in [1.29, 1.82) is 0 Å². The quantitative estimate of drug-likeness (QED) is 0.670. The van der Waals surface area contributed by atoms with Crippen LogP contribution in [0, 0.1) is 13.8 Å². The molecule has 2 rings (SSSR count). The molecule has 2 aromatic rings. The summed E-state index contributed by atoms with van der Waals surface area (Å²) in [5.74, 6) is 0. The molecule has 16 heavy (non-hydrogen) atoms. The lowest BCUT2D eigenvalue weighted by molar-refractivity contribution is 0.794. The Hall–Kier alpha value is -1.51. The Balaban J connectivity index is 0.000000606. The lowest BCUT2D eigenvalue weighted by Crippen LogP contribution is -2.19. The second kappa shape index (κ2) is 4.56. The van der Waals surface area contributed by atoms with Crippen LogP contribution in [0.25, 0.3) is 11.0 Å². The molecule has 1 aromatic heterocycles. The van der Waals surface area contributed by atoms with E-state index in [2.05, 4.69) is 19.9 Å². The zero-order chi connectivity index (χ0) is 12.5. The number of imidazole rings is 1. The van der Waals surface area contributed by atoms with Gasteiger partial charge in [0.1, 0.15) is 0 Å². The number of fused-ring (bicyclic) bond motifs is 1. The maximum Gasteiger partial charge on any atom is 0.328 e. The van der Waals surface area contributed by atoms with Gasteiger partial charge in [-0.3, -0.25) is 9.13 Å². The highest BCUT2D eigenvalue weighted by Gasteiger charge is 2.10. The summed E-state index contributed by atoms with van der Waals surface area (Å²) >= 11 is 0. The van der Waals surface area contributed by atoms with E-state index in [4.69, 9.17) is 0 Å². The summed E-state index contributed by atoms with van der Waals surface area (Å²) in [7, 11) is 3.62. The number of aromatic nitrogens is 2. The first-order valence-electron chi connectivity index (χ1n) is 5.65. The molecule has 0 unspecified atom stereocenters. The lowest BCUT2D eigenvalue weighted by atomic mass is 10.1. The maximum absolute atomic E-state index is 11.7. The highest BCUT2D eigenvalue weighted by atomic mass is 16.1. The fraction of sp³-hybridized carbons (Fsp3) is 0.462. The number of rotatable bonds is 0. The van der Waals surface area contributed by atoms with Crippen LogP contribution in [0.1, 0.15) is 25.0 Å². The lowest BCUT2D eigenvalue weighted by Gasteiger charge is -2.02. The first kappa shape index (κ1) is 12.6. The van der Waals surface area contributed by atoms with Gasteiger partial charge in [-0.15, -0.1) is 0 Å². The van der Waals surface area contributed by atoms with E-state index in [1.165, 1.54) is 11.1 Å². The Morgan fingerprint density at radius 2 is 1.56 bits per heavy atom. The van der Waals surface area contributed by atoms with Crippen molar-refractivity contribution in [3.8, 4) is 0 Å². The summed E-state index contributed by atoms with van der Waals surface area (Å²) < 4.78 is 3.39. The van der Waals surface area contributed by atoms with Crippen molar-refractivity contribution in [3.63, 3.8) is 0 Å². The number of aryl methyl sites for hydroxylation is 4. The van der Waals surface area contributed by atoms with E-state index in [-0.39, 0.29) is 5.69 Å². The minimum atomic E-state index is 0.0358. The van der Waals surface area contributed by atoms with Gasteiger partial charge >= 0.3 is 5.69 Å². The molecule has 3 nitrogen and oxygen atoms in total. The number of hydrogen-bond acceptors (Lipinski definition) is 1. The normalized spacial score (nSPS) is 10.1. The fourth-order valence-corrected chi connectivity index (χ4v) is 1.90. The molecule has 0 aliphatic rings. The van der Waals surface area contributed by atoms with E-state index in [1.54, 1.807) is 16.2 Å². The average molecular weight is 220 g/mol. The Labute approximate surface area is 96.3 Å². The van der Waals surface area contributed by atoms with Gasteiger partial charge in [0.05, 0.1) is 11.0 Å². The largest absolute Gasteiger partial charge is 0.328 e. The predicted octanol–water partition coefficient (Wildman–Crippen LogP) is 2.52. The molecule has 1 heterocycles. The third-order valence-corrected chi connectivity index (χ3v) is 2.95. The zero-order valence-corrected chi connectivity index (χ0v) is 11.0. The number of nitrogens with zero attached hydrogens (tertiary/aromatic N) is 2. The van der Waals surface area contributed by atoms with Gasteiger partial charge in [-0.1, -0.05) is 19.9 Å². The van der Waals surface area contributed by atoms with Crippen molar-refractivity contribution < 1.29 is 0 Å². The molecule has 0 radical (unpaired) electrons. The summed E-state index contributed by atoms with van der Waals surface area (Å²) in [5.41, 5.74) is 4.48. The summed E-state index contributed by atoms with van der Waals surface area (Å²) in [6.45, 7) is 8.11. The van der Waals surface area contributed by atoms with Gasteiger partial charge in [0.2, 0.25) is 0 Å². The number of benzene rings is 1. The van der Waals surface area contributed by atoms with Crippen LogP contribution in [0.5, 0.6) is 0 Å². The Kier molecular flexibility index (Phi) is 3.58. The topological polar surface area (TPSA) is 26.9 Å². The van der Waals surface area contributed by atoms with Crippen LogP contribution in [-0.2, 0) is 14.1 Å². The summed E-state index contributed by atoms with van der Waals surface area (Å²) in [4.78, 5) is 11.7. The van der Waals surface area contributed by atoms with Crippen LogP contribution in [0.15, 0.2) is 16.9 Å². The standard InChI is InChI=1S/C11H14N2O.C2H6/c1-7-5-6-9-10(8(7)2)13(4)11(14)12(9)3;1-2/h5-6H,1-4H3;1-2H3. The Bertz CT molecular complexity index is 561. The molecule has 0 aliphatic carbocycles. The van der Waals surface area contributed by atoms with Crippen molar-refractivity contribution in [2.24, 2.45) is 14.1 Å². The molecule has 0 atom stereocenters. The highest BCUT2D eigenvalue weighted by Crippen LogP contribution is 2.19. The number of hydrogen-bond donors (Lipinski definition) is 0. The van der Waals surface area contributed by atoms with E-state index in [0.717, 1.165) is 11.0 Å². The van der Waals surface area contributed by atoms with Crippen molar-refractivity contribution in [2.75, 3.05) is 0 Å². The second-order valence-corrected chi connectivity index (χ2v) is 3.78. The van der Waals surface area contributed by atoms with Crippen molar-refractivity contribution >= 4 is 11.0 Å². The van der Waals surface area contributed by atoms with Gasteiger partial charge < -0.3 is 0 Å². The molecule has 0 amide bonds. The second-order valence-electron chi connectivity index (χ2n) is 3.78. The van der Waals surface area contributed by atoms with Crippen molar-refractivity contribution in [2.45, 2.75) is 27.7 Å². The van der Waals surface area contributed by atoms with Crippen LogP contribution in [0.2, 0.25) is 0 Å². The van der Waals surface area contributed by atoms with Gasteiger partial charge in [0.25, 0.3) is 0 Å². The molecule has 3 heteroatoms. The maximum atomic E-state index is 11.7. The molecule has 0 bridgehead atoms. The monoisotopic (exact) mass is 220 g/mol. The predicted molar refractivity (Wildman–Crippen MR) is 69.0 cm³/mol. The van der Waals surface area contributed by atoms with Crippen LogP contribution in [-0.4, -0.2) is 9.13 Å². The van der Waals surface area contributed by atoms with Gasteiger partial charge in [-0.2, -0.15) is 0 Å². The molecule has 88 valence electrons. The molecule has 0 spiro atoms. The SMILES string of the molecule is CC.Cc1ccc2c(c1C)n(C)c(=O)n2C. The van der Waals surface area contributed by atoms with Gasteiger partial charge in [-0.25, -0.2) is 4.79 Å². The molecular weight excluding hydrogens is 200 g/mol. The van der Waals surface area contributed by atoms with E-state index < -0.39 is 0 Å². The Morgan fingerprint density at radius 1 is 1.00 bits per heavy atom. The molecule has 0 N–H and O–H groups in total. The van der Waals surface area contributed by atoms with Gasteiger partial charge in [-0.05, 0) is 31.0 Å². The van der Waals surface area contributed by atoms with Gasteiger partial charge in [0, 0.05) is 14.1 Å². The van der Waals surface area contributed by atoms with Crippen LogP contribution in [0.4, 0.5) is 0 Å². The first-order chi connectivity index (χ1) is 7.54. The minimum absolute atomic E-state index is 0.0358. The average Bonchev–Trinajstić information content (AvgIpc) is 2.52. The molecule has 0 saturated heterocycles. The third kappa shape index (κ3) is 1.66. The summed E-state index contributed by atoms with van der Waals surface area (Å²) in [6.07, 6.45) is 0. The van der Waals surface area contributed by atoms with E-state index in [0.29, 0.717) is 0 Å². The van der Waals surface area contributed by atoms with Crippen LogP contribution in [0.3, 0.4) is 0 Å². The Morgan fingerprint density at radius 3 is 2.12 bits per heavy atom. The third-order valence-electron chi connectivity index (χ3n) is 2.95. The fourth-order valence-electron chi connectivity index (χ4n) is 1.90. The van der Waals surface area contributed by atoms with E-state index in [9.17, 15) is 4.79 Å². The molecule has 0 saturated carbocycles. The summed E-state index contributed by atoms with van der Waals surface area (Å²) in [5, 5.41) is 0. The van der Waals surface area contributed by atoms with E-state index in [1.807, 2.05) is 27.0 Å². The van der Waals surface area contributed by atoms with Gasteiger partial charge in [0.15, 0.2) is 0 Å².